The van der Waals surface area contributed by atoms with Crippen LogP contribution in [-0.2, 0) is 13.1 Å². The van der Waals surface area contributed by atoms with Gasteiger partial charge in [-0.15, -0.1) is 0 Å². The number of aromatic nitrogens is 4. The van der Waals surface area contributed by atoms with Gasteiger partial charge in [0.1, 0.15) is 17.0 Å². The third kappa shape index (κ3) is 4.27. The molecule has 1 N–H and O–H groups in total. The van der Waals surface area contributed by atoms with Crippen LogP contribution in [0, 0.1) is 5.92 Å². The lowest BCUT2D eigenvalue weighted by Gasteiger charge is -2.30. The quantitative estimate of drug-likeness (QED) is 0.526. The van der Waals surface area contributed by atoms with Gasteiger partial charge >= 0.3 is 0 Å². The van der Waals surface area contributed by atoms with Crippen LogP contribution in [0.1, 0.15) is 41.5 Å². The zero-order chi connectivity index (χ0) is 22.1. The van der Waals surface area contributed by atoms with Gasteiger partial charge in [-0.3, -0.25) is 18.9 Å². The Morgan fingerprint density at radius 3 is 2.78 bits per heavy atom. The Labute approximate surface area is 185 Å². The molecule has 1 aliphatic heterocycles. The molecule has 8 nitrogen and oxygen atoms in total. The molecule has 1 amide bonds. The maximum absolute atomic E-state index is 12.6. The van der Waals surface area contributed by atoms with E-state index in [0.717, 1.165) is 36.9 Å². The van der Waals surface area contributed by atoms with Gasteiger partial charge in [-0.2, -0.15) is 0 Å². The average molecular weight is 431 g/mol. The Hall–Kier alpha value is -3.52. The van der Waals surface area contributed by atoms with E-state index in [-0.39, 0.29) is 17.8 Å². The number of piperidine rings is 1. The Kier molecular flexibility index (Phi) is 5.45. The Morgan fingerprint density at radius 1 is 1.09 bits per heavy atom. The molecule has 0 aliphatic carbocycles. The van der Waals surface area contributed by atoms with Crippen molar-refractivity contribution in [3.63, 3.8) is 0 Å². The Bertz CT molecular complexity index is 1330. The SMILES string of the molecule is CC1CCN(Cc2ccc3nc(CNC(=O)c4cc(=O)n5ccccc5n4)cn3c2)CC1. The predicted molar refractivity (Wildman–Crippen MR) is 121 cm³/mol. The molecule has 1 fully saturated rings. The van der Waals surface area contributed by atoms with Crippen LogP contribution < -0.4 is 10.9 Å². The summed E-state index contributed by atoms with van der Waals surface area (Å²) < 4.78 is 3.41. The molecule has 5 rings (SSSR count). The molecule has 0 atom stereocenters. The van der Waals surface area contributed by atoms with Crippen LogP contribution in [-0.4, -0.2) is 42.7 Å². The molecule has 32 heavy (non-hydrogen) atoms. The summed E-state index contributed by atoms with van der Waals surface area (Å²) in [6.45, 7) is 5.81. The summed E-state index contributed by atoms with van der Waals surface area (Å²) in [6, 6.07) is 10.6. The molecule has 5 heterocycles. The molecule has 0 unspecified atom stereocenters. The molecule has 0 aromatic carbocycles. The van der Waals surface area contributed by atoms with E-state index < -0.39 is 5.91 Å². The number of nitrogens with zero attached hydrogens (tertiary/aromatic N) is 5. The standard InChI is InChI=1S/C24H26N6O2/c1-17-7-10-28(11-8-17)14-18-5-6-21-26-19(16-29(21)15-18)13-25-24(32)20-12-23(31)30-9-3-2-4-22(30)27-20/h2-6,9,12,15-17H,7-8,10-11,13-14H2,1H3,(H,25,32). The monoisotopic (exact) mass is 430 g/mol. The number of hydrogen-bond donors (Lipinski definition) is 1. The first kappa shape index (κ1) is 20.4. The van der Waals surface area contributed by atoms with E-state index in [1.165, 1.54) is 28.9 Å². The Balaban J connectivity index is 1.26. The van der Waals surface area contributed by atoms with E-state index in [4.69, 9.17) is 0 Å². The van der Waals surface area contributed by atoms with Crippen LogP contribution in [0.15, 0.2) is 59.8 Å². The molecule has 1 aliphatic rings. The molecule has 1 saturated heterocycles. The van der Waals surface area contributed by atoms with E-state index in [0.29, 0.717) is 5.65 Å². The number of carbonyl (C=O) groups excluding carboxylic acids is 1. The van der Waals surface area contributed by atoms with Crippen LogP contribution in [0.25, 0.3) is 11.3 Å². The highest BCUT2D eigenvalue weighted by Gasteiger charge is 2.16. The number of carbonyl (C=O) groups is 1. The van der Waals surface area contributed by atoms with Crippen LogP contribution in [0.4, 0.5) is 0 Å². The highest BCUT2D eigenvalue weighted by molar-refractivity contribution is 5.92. The lowest BCUT2D eigenvalue weighted by Crippen LogP contribution is -2.32. The fraction of sp³-hybridized carbons (Fsp3) is 0.333. The normalized spacial score (nSPS) is 15.4. The maximum Gasteiger partial charge on any atom is 0.270 e. The number of likely N-dealkylation sites (tertiary alicyclic amines) is 1. The van der Waals surface area contributed by atoms with Gasteiger partial charge in [0.05, 0.1) is 12.2 Å². The summed E-state index contributed by atoms with van der Waals surface area (Å²) in [6.07, 6.45) is 8.19. The lowest BCUT2D eigenvalue weighted by molar-refractivity contribution is 0.0945. The van der Waals surface area contributed by atoms with E-state index in [1.807, 2.05) is 16.7 Å². The fourth-order valence-corrected chi connectivity index (χ4v) is 4.18. The summed E-state index contributed by atoms with van der Waals surface area (Å²) in [5.74, 6) is 0.425. The van der Waals surface area contributed by atoms with Crippen molar-refractivity contribution >= 4 is 17.2 Å². The third-order valence-corrected chi connectivity index (χ3v) is 6.08. The van der Waals surface area contributed by atoms with E-state index in [2.05, 4.69) is 39.4 Å². The maximum atomic E-state index is 12.6. The van der Waals surface area contributed by atoms with E-state index >= 15 is 0 Å². The van der Waals surface area contributed by atoms with Gasteiger partial charge in [0.25, 0.3) is 11.5 Å². The first-order valence-electron chi connectivity index (χ1n) is 11.0. The third-order valence-electron chi connectivity index (χ3n) is 6.08. The number of fused-ring (bicyclic) bond motifs is 2. The van der Waals surface area contributed by atoms with Crippen molar-refractivity contribution in [2.75, 3.05) is 13.1 Å². The molecule has 4 aromatic heterocycles. The van der Waals surface area contributed by atoms with E-state index in [9.17, 15) is 9.59 Å². The molecule has 0 bridgehead atoms. The van der Waals surface area contributed by atoms with Gasteiger partial charge in [-0.25, -0.2) is 9.97 Å². The van der Waals surface area contributed by atoms with Gasteiger partial charge in [0, 0.05) is 31.2 Å². The van der Waals surface area contributed by atoms with Crippen molar-refractivity contribution in [3.8, 4) is 0 Å². The van der Waals surface area contributed by atoms with Crippen LogP contribution in [0.2, 0.25) is 0 Å². The van der Waals surface area contributed by atoms with Gasteiger partial charge in [0.15, 0.2) is 0 Å². The van der Waals surface area contributed by atoms with E-state index in [1.54, 1.807) is 24.4 Å². The number of nitrogens with one attached hydrogen (secondary N) is 1. The van der Waals surface area contributed by atoms with Crippen molar-refractivity contribution in [2.45, 2.75) is 32.9 Å². The number of amides is 1. The second-order valence-corrected chi connectivity index (χ2v) is 8.58. The topological polar surface area (TPSA) is 84.0 Å². The largest absolute Gasteiger partial charge is 0.345 e. The van der Waals surface area contributed by atoms with Crippen molar-refractivity contribution in [2.24, 2.45) is 5.92 Å². The smallest absolute Gasteiger partial charge is 0.270 e. The van der Waals surface area contributed by atoms with Crippen LogP contribution in [0.3, 0.4) is 0 Å². The predicted octanol–water partition coefficient (Wildman–Crippen LogP) is 2.50. The van der Waals surface area contributed by atoms with Crippen LogP contribution in [0.5, 0.6) is 0 Å². The van der Waals surface area contributed by atoms with Crippen LogP contribution >= 0.6 is 0 Å². The molecule has 0 saturated carbocycles. The summed E-state index contributed by atoms with van der Waals surface area (Å²) in [5, 5.41) is 2.82. The highest BCUT2D eigenvalue weighted by atomic mass is 16.2. The van der Waals surface area contributed by atoms with Gasteiger partial charge in [0.2, 0.25) is 0 Å². The molecular weight excluding hydrogens is 404 g/mol. The van der Waals surface area contributed by atoms with Crippen molar-refractivity contribution in [3.05, 3.63) is 82.3 Å². The second-order valence-electron chi connectivity index (χ2n) is 8.58. The molecule has 4 aromatic rings. The summed E-state index contributed by atoms with van der Waals surface area (Å²) >= 11 is 0. The van der Waals surface area contributed by atoms with Crippen molar-refractivity contribution in [1.29, 1.82) is 0 Å². The minimum Gasteiger partial charge on any atom is -0.345 e. The summed E-state index contributed by atoms with van der Waals surface area (Å²) in [7, 11) is 0. The van der Waals surface area contributed by atoms with Gasteiger partial charge < -0.3 is 9.72 Å². The highest BCUT2D eigenvalue weighted by Crippen LogP contribution is 2.18. The fourth-order valence-electron chi connectivity index (χ4n) is 4.18. The second kappa shape index (κ2) is 8.55. The minimum atomic E-state index is -0.398. The minimum absolute atomic E-state index is 0.100. The molecule has 164 valence electrons. The number of rotatable bonds is 5. The molecular formula is C24H26N6O2. The molecule has 0 spiro atoms. The van der Waals surface area contributed by atoms with Crippen molar-refractivity contribution in [1.82, 2.24) is 29.0 Å². The number of pyridine rings is 2. The first-order chi connectivity index (χ1) is 15.5. The number of imidazole rings is 1. The Morgan fingerprint density at radius 2 is 1.94 bits per heavy atom. The van der Waals surface area contributed by atoms with Crippen molar-refractivity contribution < 1.29 is 4.79 Å². The summed E-state index contributed by atoms with van der Waals surface area (Å²) in [5.41, 5.74) is 3.09. The molecule has 0 radical (unpaired) electrons. The lowest BCUT2D eigenvalue weighted by atomic mass is 9.99. The average Bonchev–Trinajstić information content (AvgIpc) is 3.21. The summed E-state index contributed by atoms with van der Waals surface area (Å²) in [4.78, 5) is 36.1. The molecule has 8 heteroatoms. The first-order valence-corrected chi connectivity index (χ1v) is 11.0. The zero-order valence-electron chi connectivity index (χ0n) is 18.1. The zero-order valence-corrected chi connectivity index (χ0v) is 18.1. The van der Waals surface area contributed by atoms with Gasteiger partial charge in [-0.05, 0) is 55.6 Å². The van der Waals surface area contributed by atoms with Gasteiger partial charge in [-0.1, -0.05) is 19.1 Å². The number of hydrogen-bond acceptors (Lipinski definition) is 5.